The molecule has 1 atom stereocenters. The van der Waals surface area contributed by atoms with Crippen molar-refractivity contribution in [2.24, 2.45) is 0 Å². The largest absolute Gasteiger partial charge is 0.465 e. The quantitative estimate of drug-likeness (QED) is 0.647. The first-order chi connectivity index (χ1) is 13.2. The fraction of sp³-hybridized carbons (Fsp3) is 0.286. The normalized spacial score (nSPS) is 12.5. The van der Waals surface area contributed by atoms with Gasteiger partial charge in [-0.25, -0.2) is 14.2 Å². The summed E-state index contributed by atoms with van der Waals surface area (Å²) < 4.78 is 15.8. The summed E-state index contributed by atoms with van der Waals surface area (Å²) in [6.07, 6.45) is -1.22. The molecule has 0 aliphatic heterocycles. The first-order valence-corrected chi connectivity index (χ1v) is 9.58. The van der Waals surface area contributed by atoms with Crippen LogP contribution in [0.3, 0.4) is 0 Å². The Kier molecular flexibility index (Phi) is 5.34. The molecule has 3 rings (SSSR count). The molecule has 3 aromatic rings. The number of rotatable bonds is 4. The summed E-state index contributed by atoms with van der Waals surface area (Å²) in [5.41, 5.74) is 1.04. The fourth-order valence-corrected chi connectivity index (χ4v) is 4.09. The minimum absolute atomic E-state index is 0.0218. The van der Waals surface area contributed by atoms with Crippen LogP contribution < -0.4 is 0 Å². The Hall–Kier alpha value is -2.98. The molecule has 1 N–H and O–H groups in total. The lowest BCUT2D eigenvalue weighted by Gasteiger charge is -2.36. The maximum absolute atomic E-state index is 14.8. The molecule has 1 heterocycles. The molecule has 0 aliphatic rings. The molecule has 0 bridgehead atoms. The molecular formula is C21H20FN3O2S. The average Bonchev–Trinajstić information content (AvgIpc) is 3.05. The van der Waals surface area contributed by atoms with Gasteiger partial charge in [-0.3, -0.25) is 4.90 Å². The van der Waals surface area contributed by atoms with Gasteiger partial charge in [0.15, 0.2) is 0 Å². The van der Waals surface area contributed by atoms with Gasteiger partial charge in [0.2, 0.25) is 0 Å². The molecule has 1 unspecified atom stereocenters. The fourth-order valence-electron chi connectivity index (χ4n) is 3.13. The number of nitrogens with zero attached hydrogens (tertiary/aromatic N) is 3. The van der Waals surface area contributed by atoms with Crippen molar-refractivity contribution in [1.82, 2.24) is 9.88 Å². The van der Waals surface area contributed by atoms with Gasteiger partial charge in [0.1, 0.15) is 16.9 Å². The molecule has 0 saturated heterocycles. The van der Waals surface area contributed by atoms with E-state index in [4.69, 9.17) is 0 Å². The Bertz CT molecular complexity index is 1030. The molecule has 0 radical (unpaired) electrons. The highest BCUT2D eigenvalue weighted by Gasteiger charge is 2.33. The number of halogens is 1. The number of hydrogen-bond donors (Lipinski definition) is 1. The van der Waals surface area contributed by atoms with E-state index in [1.54, 1.807) is 32.9 Å². The summed E-state index contributed by atoms with van der Waals surface area (Å²) in [6.45, 7) is 5.12. The molecule has 0 spiro atoms. The van der Waals surface area contributed by atoms with E-state index in [0.717, 1.165) is 15.1 Å². The molecule has 0 saturated carbocycles. The summed E-state index contributed by atoms with van der Waals surface area (Å²) in [4.78, 5) is 17.2. The number of hydrogen-bond acceptors (Lipinski definition) is 4. The van der Waals surface area contributed by atoms with Crippen LogP contribution in [-0.2, 0) is 6.42 Å². The highest BCUT2D eigenvalue weighted by Crippen LogP contribution is 2.31. The molecule has 1 aromatic heterocycles. The SMILES string of the molecule is CC(C)(C)N(C(=O)O)C(C#N)Cc1ccc(-c2nc3ccccc3s2)cc1F. The van der Waals surface area contributed by atoms with E-state index in [9.17, 15) is 19.6 Å². The molecular weight excluding hydrogens is 377 g/mol. The van der Waals surface area contributed by atoms with Crippen molar-refractivity contribution < 1.29 is 14.3 Å². The number of nitriles is 1. The zero-order valence-electron chi connectivity index (χ0n) is 15.8. The highest BCUT2D eigenvalue weighted by molar-refractivity contribution is 7.21. The van der Waals surface area contributed by atoms with Crippen LogP contribution in [0.5, 0.6) is 0 Å². The third-order valence-corrected chi connectivity index (χ3v) is 5.48. The van der Waals surface area contributed by atoms with Crippen molar-refractivity contribution in [1.29, 1.82) is 5.26 Å². The Labute approximate surface area is 166 Å². The van der Waals surface area contributed by atoms with Gasteiger partial charge in [-0.15, -0.1) is 11.3 Å². The minimum Gasteiger partial charge on any atom is -0.465 e. The number of benzene rings is 2. The zero-order chi connectivity index (χ0) is 20.5. The molecule has 5 nitrogen and oxygen atoms in total. The second-order valence-corrected chi connectivity index (χ2v) is 8.50. The topological polar surface area (TPSA) is 77.2 Å². The van der Waals surface area contributed by atoms with Gasteiger partial charge in [0, 0.05) is 17.5 Å². The Morgan fingerprint density at radius 3 is 2.61 bits per heavy atom. The van der Waals surface area contributed by atoms with Crippen LogP contribution in [0.4, 0.5) is 9.18 Å². The number of aromatic nitrogens is 1. The molecule has 2 aromatic carbocycles. The number of para-hydroxylation sites is 1. The van der Waals surface area contributed by atoms with E-state index in [1.165, 1.54) is 17.4 Å². The minimum atomic E-state index is -1.20. The number of fused-ring (bicyclic) bond motifs is 1. The molecule has 7 heteroatoms. The van der Waals surface area contributed by atoms with E-state index in [-0.39, 0.29) is 6.42 Å². The van der Waals surface area contributed by atoms with Crippen molar-refractivity contribution in [2.75, 3.05) is 0 Å². The molecule has 1 amide bonds. The summed E-state index contributed by atoms with van der Waals surface area (Å²) in [7, 11) is 0. The van der Waals surface area contributed by atoms with E-state index < -0.39 is 23.5 Å². The molecule has 144 valence electrons. The standard InChI is InChI=1S/C21H20FN3O2S/c1-21(2,3)25(20(26)27)15(12-23)10-13-8-9-14(11-16(13)22)19-24-17-6-4-5-7-18(17)28-19/h4-9,11,15H,10H2,1-3H3,(H,26,27). The summed E-state index contributed by atoms with van der Waals surface area (Å²) in [6, 6.07) is 13.5. The second-order valence-electron chi connectivity index (χ2n) is 7.47. The molecule has 0 aliphatic carbocycles. The second kappa shape index (κ2) is 7.56. The van der Waals surface area contributed by atoms with Crippen molar-refractivity contribution in [2.45, 2.75) is 38.8 Å². The van der Waals surface area contributed by atoms with Crippen molar-refractivity contribution >= 4 is 27.6 Å². The van der Waals surface area contributed by atoms with Crippen LogP contribution >= 0.6 is 11.3 Å². The first-order valence-electron chi connectivity index (χ1n) is 8.77. The van der Waals surface area contributed by atoms with Crippen LogP contribution in [0.15, 0.2) is 42.5 Å². The van der Waals surface area contributed by atoms with Crippen molar-refractivity contribution in [3.05, 3.63) is 53.8 Å². The van der Waals surface area contributed by atoms with Gasteiger partial charge in [-0.1, -0.05) is 24.3 Å². The van der Waals surface area contributed by atoms with Crippen LogP contribution in [-0.4, -0.2) is 32.7 Å². The maximum Gasteiger partial charge on any atom is 0.408 e. The zero-order valence-corrected chi connectivity index (χ0v) is 16.6. The molecule has 28 heavy (non-hydrogen) atoms. The average molecular weight is 397 g/mol. The van der Waals surface area contributed by atoms with E-state index in [2.05, 4.69) is 4.98 Å². The third kappa shape index (κ3) is 3.97. The van der Waals surface area contributed by atoms with E-state index in [1.807, 2.05) is 30.3 Å². The lowest BCUT2D eigenvalue weighted by Crippen LogP contribution is -2.51. The maximum atomic E-state index is 14.8. The van der Waals surface area contributed by atoms with Crippen LogP contribution in [0.2, 0.25) is 0 Å². The van der Waals surface area contributed by atoms with Gasteiger partial charge in [-0.05, 0) is 44.5 Å². The lowest BCUT2D eigenvalue weighted by atomic mass is 9.98. The van der Waals surface area contributed by atoms with Crippen LogP contribution in [0.25, 0.3) is 20.8 Å². The summed E-state index contributed by atoms with van der Waals surface area (Å²) in [5, 5.41) is 19.7. The monoisotopic (exact) mass is 397 g/mol. The van der Waals surface area contributed by atoms with Gasteiger partial charge in [0.25, 0.3) is 0 Å². The Morgan fingerprint density at radius 2 is 2.04 bits per heavy atom. The van der Waals surface area contributed by atoms with Crippen LogP contribution in [0, 0.1) is 17.1 Å². The van der Waals surface area contributed by atoms with Crippen LogP contribution in [0.1, 0.15) is 26.3 Å². The summed E-state index contributed by atoms with van der Waals surface area (Å²) in [5.74, 6) is -0.476. The number of thiazole rings is 1. The Balaban J connectivity index is 1.89. The number of carboxylic acid groups (broad SMARTS) is 1. The smallest absolute Gasteiger partial charge is 0.408 e. The highest BCUT2D eigenvalue weighted by atomic mass is 32.1. The third-order valence-electron chi connectivity index (χ3n) is 4.40. The predicted octanol–water partition coefficient (Wildman–Crippen LogP) is 5.32. The number of amides is 1. The predicted molar refractivity (Wildman–Crippen MR) is 108 cm³/mol. The lowest BCUT2D eigenvalue weighted by molar-refractivity contribution is 0.0848. The van der Waals surface area contributed by atoms with E-state index >= 15 is 0 Å². The van der Waals surface area contributed by atoms with Gasteiger partial charge in [0.05, 0.1) is 16.3 Å². The first kappa shape index (κ1) is 19.8. The van der Waals surface area contributed by atoms with Gasteiger partial charge >= 0.3 is 6.09 Å². The van der Waals surface area contributed by atoms with Crippen molar-refractivity contribution in [3.63, 3.8) is 0 Å². The molecule has 0 fully saturated rings. The summed E-state index contributed by atoms with van der Waals surface area (Å²) >= 11 is 1.48. The Morgan fingerprint density at radius 1 is 1.32 bits per heavy atom. The number of carbonyl (C=O) groups is 1. The van der Waals surface area contributed by atoms with Gasteiger partial charge in [-0.2, -0.15) is 5.26 Å². The van der Waals surface area contributed by atoms with Crippen molar-refractivity contribution in [3.8, 4) is 16.6 Å². The van der Waals surface area contributed by atoms with E-state index in [0.29, 0.717) is 16.1 Å². The van der Waals surface area contributed by atoms with Gasteiger partial charge < -0.3 is 5.11 Å².